The van der Waals surface area contributed by atoms with E-state index in [1.807, 2.05) is 39.0 Å². The van der Waals surface area contributed by atoms with E-state index in [2.05, 4.69) is 5.32 Å². The zero-order valence-electron chi connectivity index (χ0n) is 20.1. The van der Waals surface area contributed by atoms with Crippen LogP contribution in [0, 0.1) is 0 Å². The number of benzene rings is 1. The van der Waals surface area contributed by atoms with E-state index in [0.717, 1.165) is 29.9 Å². The molecule has 2 amide bonds. The molecule has 1 aromatic carbocycles. The summed E-state index contributed by atoms with van der Waals surface area (Å²) in [6, 6.07) is 6.16. The summed E-state index contributed by atoms with van der Waals surface area (Å²) in [6.07, 6.45) is 9.92. The summed E-state index contributed by atoms with van der Waals surface area (Å²) in [5, 5.41) is 3.30. The second-order valence-electron chi connectivity index (χ2n) is 9.23. The molecule has 0 spiro atoms. The second kappa shape index (κ2) is 11.6. The largest absolute Gasteiger partial charge is 0.490 e. The zero-order chi connectivity index (χ0) is 23.0. The van der Waals surface area contributed by atoms with Crippen molar-refractivity contribution in [2.75, 3.05) is 19.8 Å². The molecule has 32 heavy (non-hydrogen) atoms. The Kier molecular flexibility index (Phi) is 8.83. The summed E-state index contributed by atoms with van der Waals surface area (Å²) in [4.78, 5) is 27.8. The zero-order valence-corrected chi connectivity index (χ0v) is 20.1. The van der Waals surface area contributed by atoms with Gasteiger partial charge in [-0.15, -0.1) is 0 Å². The number of amides is 2. The standard InChI is InChI=1S/C26H40N2O4/c1-4-31-22-14-13-20(19-23(22)32-5-2)16-18-28-24(29)15-17-26(28,3)25(30)27-21-11-9-7-6-8-10-12-21/h13-14,19,21H,4-12,15-18H2,1-3H3,(H,27,30)/t26-/m1/s1. The molecule has 6 nitrogen and oxygen atoms in total. The molecule has 178 valence electrons. The third-order valence-electron chi connectivity index (χ3n) is 6.88. The van der Waals surface area contributed by atoms with Gasteiger partial charge in [-0.25, -0.2) is 0 Å². The van der Waals surface area contributed by atoms with Crippen molar-refractivity contribution in [2.45, 2.75) is 96.6 Å². The molecule has 1 N–H and O–H groups in total. The quantitative estimate of drug-likeness (QED) is 0.603. The highest BCUT2D eigenvalue weighted by Crippen LogP contribution is 2.33. The molecule has 3 rings (SSSR count). The third-order valence-corrected chi connectivity index (χ3v) is 6.88. The van der Waals surface area contributed by atoms with Crippen molar-refractivity contribution in [2.24, 2.45) is 0 Å². The lowest BCUT2D eigenvalue weighted by atomic mass is 9.93. The predicted molar refractivity (Wildman–Crippen MR) is 126 cm³/mol. The van der Waals surface area contributed by atoms with Crippen molar-refractivity contribution in [3.63, 3.8) is 0 Å². The van der Waals surface area contributed by atoms with Crippen LogP contribution in [0.2, 0.25) is 0 Å². The van der Waals surface area contributed by atoms with E-state index in [1.54, 1.807) is 4.90 Å². The van der Waals surface area contributed by atoms with E-state index in [4.69, 9.17) is 9.47 Å². The van der Waals surface area contributed by atoms with Gasteiger partial charge < -0.3 is 19.7 Å². The summed E-state index contributed by atoms with van der Waals surface area (Å²) in [5.74, 6) is 1.54. The Morgan fingerprint density at radius 1 is 1.06 bits per heavy atom. The Balaban J connectivity index is 1.66. The Bertz CT molecular complexity index is 773. The first-order chi connectivity index (χ1) is 15.5. The number of likely N-dealkylation sites (tertiary alicyclic amines) is 1. The number of carbonyl (C=O) groups excluding carboxylic acids is 2. The first-order valence-electron chi connectivity index (χ1n) is 12.5. The fourth-order valence-electron chi connectivity index (χ4n) is 4.94. The van der Waals surface area contributed by atoms with Gasteiger partial charge in [-0.2, -0.15) is 0 Å². The molecule has 0 aromatic heterocycles. The molecular formula is C26H40N2O4. The summed E-state index contributed by atoms with van der Waals surface area (Å²) < 4.78 is 11.4. The van der Waals surface area contributed by atoms with Crippen LogP contribution in [0.15, 0.2) is 18.2 Å². The van der Waals surface area contributed by atoms with Gasteiger partial charge in [-0.05, 0) is 64.2 Å². The van der Waals surface area contributed by atoms with Crippen LogP contribution in [-0.2, 0) is 16.0 Å². The summed E-state index contributed by atoms with van der Waals surface area (Å²) >= 11 is 0. The summed E-state index contributed by atoms with van der Waals surface area (Å²) in [7, 11) is 0. The van der Waals surface area contributed by atoms with Gasteiger partial charge in [0.05, 0.1) is 13.2 Å². The molecule has 1 atom stereocenters. The SMILES string of the molecule is CCOc1ccc(CCN2C(=O)CC[C@]2(C)C(=O)NC2CCCCCCC2)cc1OCC. The van der Waals surface area contributed by atoms with E-state index in [-0.39, 0.29) is 17.9 Å². The van der Waals surface area contributed by atoms with Crippen molar-refractivity contribution in [1.82, 2.24) is 10.2 Å². The van der Waals surface area contributed by atoms with E-state index in [1.165, 1.54) is 32.1 Å². The second-order valence-corrected chi connectivity index (χ2v) is 9.23. The highest BCUT2D eigenvalue weighted by molar-refractivity contribution is 5.94. The predicted octanol–water partition coefficient (Wildman–Crippen LogP) is 4.64. The maximum Gasteiger partial charge on any atom is 0.245 e. The van der Waals surface area contributed by atoms with Crippen molar-refractivity contribution in [3.8, 4) is 11.5 Å². The third kappa shape index (κ3) is 5.96. The highest BCUT2D eigenvalue weighted by atomic mass is 16.5. The molecule has 1 aromatic rings. The highest BCUT2D eigenvalue weighted by Gasteiger charge is 2.47. The van der Waals surface area contributed by atoms with Crippen LogP contribution < -0.4 is 14.8 Å². The normalized spacial score (nSPS) is 22.3. The minimum atomic E-state index is -0.770. The molecule has 1 saturated carbocycles. The van der Waals surface area contributed by atoms with E-state index < -0.39 is 5.54 Å². The number of nitrogens with one attached hydrogen (secondary N) is 1. The number of rotatable bonds is 9. The van der Waals surface area contributed by atoms with Gasteiger partial charge in [-0.1, -0.05) is 38.2 Å². The first kappa shape index (κ1) is 24.4. The number of nitrogens with zero attached hydrogens (tertiary/aromatic N) is 1. The molecule has 0 radical (unpaired) electrons. The van der Waals surface area contributed by atoms with Gasteiger partial charge in [0.25, 0.3) is 0 Å². The van der Waals surface area contributed by atoms with Gasteiger partial charge >= 0.3 is 0 Å². The van der Waals surface area contributed by atoms with Crippen LogP contribution in [0.5, 0.6) is 11.5 Å². The lowest BCUT2D eigenvalue weighted by Gasteiger charge is -2.35. The van der Waals surface area contributed by atoms with Crippen molar-refractivity contribution < 1.29 is 19.1 Å². The molecule has 1 aliphatic heterocycles. The van der Waals surface area contributed by atoms with E-state index in [9.17, 15) is 9.59 Å². The summed E-state index contributed by atoms with van der Waals surface area (Å²) in [6.45, 7) is 7.49. The number of hydrogen-bond acceptors (Lipinski definition) is 4. The van der Waals surface area contributed by atoms with Gasteiger partial charge in [0.15, 0.2) is 11.5 Å². The fraction of sp³-hybridized carbons (Fsp3) is 0.692. The number of ether oxygens (including phenoxy) is 2. The Hall–Kier alpha value is -2.24. The van der Waals surface area contributed by atoms with Crippen LogP contribution in [-0.4, -0.2) is 48.1 Å². The van der Waals surface area contributed by atoms with Gasteiger partial charge in [0.2, 0.25) is 11.8 Å². The van der Waals surface area contributed by atoms with Gasteiger partial charge in [-0.3, -0.25) is 9.59 Å². The topological polar surface area (TPSA) is 67.9 Å². The lowest BCUT2D eigenvalue weighted by molar-refractivity contribution is -0.141. The molecule has 2 fully saturated rings. The van der Waals surface area contributed by atoms with Gasteiger partial charge in [0.1, 0.15) is 5.54 Å². The van der Waals surface area contributed by atoms with Gasteiger partial charge in [0, 0.05) is 19.0 Å². The lowest BCUT2D eigenvalue weighted by Crippen LogP contribution is -2.56. The molecular weight excluding hydrogens is 404 g/mol. The molecule has 0 unspecified atom stereocenters. The smallest absolute Gasteiger partial charge is 0.245 e. The maximum atomic E-state index is 13.3. The Morgan fingerprint density at radius 3 is 2.41 bits per heavy atom. The van der Waals surface area contributed by atoms with Crippen LogP contribution in [0.3, 0.4) is 0 Å². The van der Waals surface area contributed by atoms with Crippen LogP contribution in [0.1, 0.15) is 84.1 Å². The molecule has 0 bridgehead atoms. The maximum absolute atomic E-state index is 13.3. The van der Waals surface area contributed by atoms with Crippen LogP contribution in [0.4, 0.5) is 0 Å². The van der Waals surface area contributed by atoms with Crippen LogP contribution >= 0.6 is 0 Å². The molecule has 2 aliphatic rings. The average Bonchev–Trinajstić information content (AvgIpc) is 3.05. The Labute approximate surface area is 193 Å². The molecule has 1 aliphatic carbocycles. The van der Waals surface area contributed by atoms with Crippen molar-refractivity contribution >= 4 is 11.8 Å². The van der Waals surface area contributed by atoms with E-state index >= 15 is 0 Å². The Morgan fingerprint density at radius 2 is 1.72 bits per heavy atom. The number of carbonyl (C=O) groups is 2. The molecule has 1 heterocycles. The monoisotopic (exact) mass is 444 g/mol. The molecule has 1 saturated heterocycles. The van der Waals surface area contributed by atoms with Crippen molar-refractivity contribution in [3.05, 3.63) is 23.8 Å². The fourth-order valence-corrected chi connectivity index (χ4v) is 4.94. The van der Waals surface area contributed by atoms with E-state index in [0.29, 0.717) is 39.0 Å². The molecule has 6 heteroatoms. The minimum Gasteiger partial charge on any atom is -0.490 e. The first-order valence-corrected chi connectivity index (χ1v) is 12.5. The average molecular weight is 445 g/mol. The minimum absolute atomic E-state index is 0.00984. The number of hydrogen-bond donors (Lipinski definition) is 1. The summed E-state index contributed by atoms with van der Waals surface area (Å²) in [5.41, 5.74) is 0.298. The van der Waals surface area contributed by atoms with Crippen LogP contribution in [0.25, 0.3) is 0 Å². The van der Waals surface area contributed by atoms with Crippen molar-refractivity contribution in [1.29, 1.82) is 0 Å².